The predicted octanol–water partition coefficient (Wildman–Crippen LogP) is 6.31. The molecule has 2 amide bonds. The Balaban J connectivity index is 1.78. The fourth-order valence-corrected chi connectivity index (χ4v) is 4.71. The first-order chi connectivity index (χ1) is 20.4. The molecule has 43 heavy (non-hydrogen) atoms. The van der Waals surface area contributed by atoms with Crippen molar-refractivity contribution in [1.82, 2.24) is 20.1 Å². The van der Waals surface area contributed by atoms with Gasteiger partial charge in [-0.1, -0.05) is 31.9 Å². The highest BCUT2D eigenvalue weighted by Gasteiger charge is 2.35. The fourth-order valence-electron chi connectivity index (χ4n) is 4.71. The first-order valence-corrected chi connectivity index (χ1v) is 13.3. The Bertz CT molecular complexity index is 1600. The zero-order valence-electron chi connectivity index (χ0n) is 22.8. The van der Waals surface area contributed by atoms with Gasteiger partial charge in [-0.3, -0.25) is 19.3 Å². The smallest absolute Gasteiger partial charge is 0.366 e. The average molecular weight is 604 g/mol. The SMILES string of the molecule is CCCC[C@H](C(=O)N[C@@H](Cc1cc(F)cc(F)c1)c1ncccc1-c1ccc(F)c(C(N)=O)c1)n1ccc(C(F)(F)F)n1. The van der Waals surface area contributed by atoms with Crippen molar-refractivity contribution in [3.05, 3.63) is 107 Å². The van der Waals surface area contributed by atoms with Crippen molar-refractivity contribution in [1.29, 1.82) is 0 Å². The molecule has 2 heterocycles. The van der Waals surface area contributed by atoms with Crippen LogP contribution in [0, 0.1) is 17.5 Å². The number of nitrogens with one attached hydrogen (secondary N) is 1. The molecule has 13 heteroatoms. The van der Waals surface area contributed by atoms with E-state index in [-0.39, 0.29) is 29.7 Å². The van der Waals surface area contributed by atoms with Crippen molar-refractivity contribution < 1.29 is 35.9 Å². The van der Waals surface area contributed by atoms with Crippen LogP contribution in [0.25, 0.3) is 11.1 Å². The first-order valence-electron chi connectivity index (χ1n) is 13.3. The summed E-state index contributed by atoms with van der Waals surface area (Å²) in [7, 11) is 0. The predicted molar refractivity (Wildman–Crippen MR) is 145 cm³/mol. The lowest BCUT2D eigenvalue weighted by Gasteiger charge is -2.25. The lowest BCUT2D eigenvalue weighted by Crippen LogP contribution is -2.37. The van der Waals surface area contributed by atoms with Gasteiger partial charge in [0.15, 0.2) is 5.69 Å². The molecule has 0 aliphatic carbocycles. The second-order valence-electron chi connectivity index (χ2n) is 9.87. The summed E-state index contributed by atoms with van der Waals surface area (Å²) in [6.07, 6.45) is -1.15. The van der Waals surface area contributed by atoms with E-state index in [9.17, 15) is 35.9 Å². The number of hydrogen-bond acceptors (Lipinski definition) is 4. The molecule has 0 saturated heterocycles. The molecular formula is C30H27F6N5O2. The third-order valence-corrected chi connectivity index (χ3v) is 6.74. The molecule has 2 aromatic heterocycles. The third kappa shape index (κ3) is 7.59. The number of pyridine rings is 1. The van der Waals surface area contributed by atoms with E-state index in [2.05, 4.69) is 15.4 Å². The summed E-state index contributed by atoms with van der Waals surface area (Å²) in [6.45, 7) is 1.85. The van der Waals surface area contributed by atoms with E-state index in [1.807, 2.05) is 6.92 Å². The molecule has 2 aromatic carbocycles. The third-order valence-electron chi connectivity index (χ3n) is 6.74. The van der Waals surface area contributed by atoms with Crippen molar-refractivity contribution in [2.45, 2.75) is 50.9 Å². The maximum atomic E-state index is 14.2. The van der Waals surface area contributed by atoms with Gasteiger partial charge in [0.1, 0.15) is 23.5 Å². The van der Waals surface area contributed by atoms with Gasteiger partial charge in [-0.05, 0) is 60.4 Å². The molecule has 3 N–H and O–H groups in total. The van der Waals surface area contributed by atoms with E-state index in [0.717, 1.165) is 35.1 Å². The number of amides is 2. The summed E-state index contributed by atoms with van der Waals surface area (Å²) in [5, 5.41) is 6.36. The van der Waals surface area contributed by atoms with Gasteiger partial charge in [0.05, 0.1) is 17.3 Å². The van der Waals surface area contributed by atoms with Crippen LogP contribution in [-0.2, 0) is 17.4 Å². The molecule has 0 saturated carbocycles. The van der Waals surface area contributed by atoms with Gasteiger partial charge < -0.3 is 11.1 Å². The summed E-state index contributed by atoms with van der Waals surface area (Å²) in [4.78, 5) is 29.9. The summed E-state index contributed by atoms with van der Waals surface area (Å²) < 4.78 is 83.2. The van der Waals surface area contributed by atoms with Gasteiger partial charge in [-0.2, -0.15) is 18.3 Å². The molecule has 0 spiro atoms. The van der Waals surface area contributed by atoms with Crippen LogP contribution in [0.5, 0.6) is 0 Å². The number of hydrogen-bond donors (Lipinski definition) is 2. The Hall–Kier alpha value is -4.68. The Morgan fingerprint density at radius 1 is 1.02 bits per heavy atom. The Morgan fingerprint density at radius 3 is 2.37 bits per heavy atom. The molecule has 0 fully saturated rings. The number of unbranched alkanes of at least 4 members (excludes halogenated alkanes) is 1. The number of benzene rings is 2. The van der Waals surface area contributed by atoms with E-state index in [1.54, 1.807) is 12.1 Å². The molecule has 2 atom stereocenters. The molecule has 7 nitrogen and oxygen atoms in total. The molecule has 0 radical (unpaired) electrons. The van der Waals surface area contributed by atoms with Crippen LogP contribution < -0.4 is 11.1 Å². The van der Waals surface area contributed by atoms with Crippen LogP contribution >= 0.6 is 0 Å². The lowest BCUT2D eigenvalue weighted by molar-refractivity contribution is -0.142. The van der Waals surface area contributed by atoms with E-state index >= 15 is 0 Å². The van der Waals surface area contributed by atoms with Gasteiger partial charge in [-0.25, -0.2) is 13.2 Å². The maximum Gasteiger partial charge on any atom is 0.435 e. The fraction of sp³-hybridized carbons (Fsp3) is 0.267. The first kappa shape index (κ1) is 31.3. The molecule has 0 bridgehead atoms. The van der Waals surface area contributed by atoms with Gasteiger partial charge in [0.25, 0.3) is 5.91 Å². The van der Waals surface area contributed by atoms with Crippen molar-refractivity contribution >= 4 is 11.8 Å². The van der Waals surface area contributed by atoms with Gasteiger partial charge in [-0.15, -0.1) is 0 Å². The molecular weight excluding hydrogens is 576 g/mol. The van der Waals surface area contributed by atoms with Crippen LogP contribution in [0.1, 0.15) is 65.6 Å². The van der Waals surface area contributed by atoms with Crippen molar-refractivity contribution in [3.8, 4) is 11.1 Å². The number of carbonyl (C=O) groups is 2. The highest BCUT2D eigenvalue weighted by Crippen LogP contribution is 2.32. The number of nitrogens with zero attached hydrogens (tertiary/aromatic N) is 3. The second kappa shape index (κ2) is 13.1. The number of alkyl halides is 3. The minimum atomic E-state index is -4.72. The van der Waals surface area contributed by atoms with E-state index in [0.29, 0.717) is 30.0 Å². The summed E-state index contributed by atoms with van der Waals surface area (Å²) >= 11 is 0. The number of nitrogens with two attached hydrogens (primary N) is 1. The number of halogens is 6. The standard InChI is InChI=1S/C30H27F6N5O2/c1-2-3-6-25(41-11-9-26(40-41)30(34,35)36)29(43)39-24(14-17-12-19(31)16-20(32)13-17)27-21(5-4-10-38-27)18-7-8-23(33)22(15-18)28(37)42/h4-5,7-13,15-16,24-25H,2-3,6,14H2,1H3,(H2,37,42)(H,39,43)/t24-,25+/m0/s1. The van der Waals surface area contributed by atoms with Gasteiger partial charge >= 0.3 is 6.18 Å². The summed E-state index contributed by atoms with van der Waals surface area (Å²) in [5.41, 5.74) is 4.75. The topological polar surface area (TPSA) is 103 Å². The van der Waals surface area contributed by atoms with Gasteiger partial charge in [0, 0.05) is 24.0 Å². The molecule has 4 rings (SSSR count). The average Bonchev–Trinajstić information content (AvgIpc) is 3.43. The Labute approximate surface area is 242 Å². The highest BCUT2D eigenvalue weighted by atomic mass is 19.4. The quantitative estimate of drug-likeness (QED) is 0.196. The summed E-state index contributed by atoms with van der Waals surface area (Å²) in [5.74, 6) is -4.29. The van der Waals surface area contributed by atoms with Gasteiger partial charge in [0.2, 0.25) is 5.91 Å². The zero-order chi connectivity index (χ0) is 31.3. The number of carbonyl (C=O) groups excluding carboxylic acids is 2. The Kier molecular flexibility index (Phi) is 9.52. The molecule has 226 valence electrons. The second-order valence-corrected chi connectivity index (χ2v) is 9.87. The van der Waals surface area contributed by atoms with Crippen LogP contribution in [0.3, 0.4) is 0 Å². The largest absolute Gasteiger partial charge is 0.435 e. The van der Waals surface area contributed by atoms with Crippen LogP contribution in [0.15, 0.2) is 67.0 Å². The lowest BCUT2D eigenvalue weighted by atomic mass is 9.94. The zero-order valence-corrected chi connectivity index (χ0v) is 22.8. The van der Waals surface area contributed by atoms with Crippen molar-refractivity contribution in [2.24, 2.45) is 5.73 Å². The monoisotopic (exact) mass is 603 g/mol. The van der Waals surface area contributed by atoms with Crippen LogP contribution in [0.2, 0.25) is 0 Å². The minimum absolute atomic E-state index is 0.150. The highest BCUT2D eigenvalue weighted by molar-refractivity contribution is 5.94. The molecule has 0 aliphatic heterocycles. The van der Waals surface area contributed by atoms with Crippen molar-refractivity contribution in [3.63, 3.8) is 0 Å². The van der Waals surface area contributed by atoms with E-state index < -0.39 is 53.2 Å². The number of rotatable bonds is 11. The normalized spacial score (nSPS) is 13.0. The van der Waals surface area contributed by atoms with Crippen molar-refractivity contribution in [2.75, 3.05) is 0 Å². The number of primary amides is 1. The maximum absolute atomic E-state index is 14.2. The Morgan fingerprint density at radius 2 is 1.74 bits per heavy atom. The van der Waals surface area contributed by atoms with E-state index in [1.165, 1.54) is 18.3 Å². The molecule has 0 aliphatic rings. The van der Waals surface area contributed by atoms with Crippen LogP contribution in [0.4, 0.5) is 26.3 Å². The van der Waals surface area contributed by atoms with E-state index in [4.69, 9.17) is 5.73 Å². The minimum Gasteiger partial charge on any atom is -0.366 e. The summed E-state index contributed by atoms with van der Waals surface area (Å²) in [6, 6.07) is 8.14. The molecule has 4 aromatic rings. The molecule has 0 unspecified atom stereocenters. The number of aromatic nitrogens is 3. The van der Waals surface area contributed by atoms with Crippen LogP contribution in [-0.4, -0.2) is 26.6 Å².